The largest absolute Gasteiger partial charge is 0.481 e. The van der Waals surface area contributed by atoms with E-state index in [0.29, 0.717) is 12.2 Å². The number of aliphatic carboxylic acids is 1. The molecule has 114 valence electrons. The van der Waals surface area contributed by atoms with Crippen LogP contribution in [0, 0.1) is 0 Å². The Morgan fingerprint density at radius 2 is 1.81 bits per heavy atom. The van der Waals surface area contributed by atoms with Gasteiger partial charge in [0.05, 0.1) is 6.54 Å². The smallest absolute Gasteiger partial charge is 0.322 e. The zero-order chi connectivity index (χ0) is 15.7. The quantitative estimate of drug-likeness (QED) is 0.633. The first kappa shape index (κ1) is 16.5. The Labute approximate surface area is 122 Å². The third-order valence-electron chi connectivity index (χ3n) is 2.54. The van der Waals surface area contributed by atoms with Crippen molar-refractivity contribution in [2.45, 2.75) is 19.4 Å². The van der Waals surface area contributed by atoms with Crippen LogP contribution in [0.1, 0.15) is 13.3 Å². The molecule has 0 aliphatic rings. The number of carboxylic acids is 1. The minimum Gasteiger partial charge on any atom is -0.481 e. The van der Waals surface area contributed by atoms with E-state index in [0.717, 1.165) is 0 Å². The molecule has 0 heterocycles. The molecule has 0 aliphatic heterocycles. The summed E-state index contributed by atoms with van der Waals surface area (Å²) in [4.78, 5) is 33.5. The van der Waals surface area contributed by atoms with Crippen LogP contribution in [0.3, 0.4) is 0 Å². The number of para-hydroxylation sites is 1. The number of hydrogen-bond acceptors (Lipinski definition) is 4. The Kier molecular flexibility index (Phi) is 6.73. The van der Waals surface area contributed by atoms with Crippen LogP contribution < -0.4 is 15.4 Å². The highest BCUT2D eigenvalue weighted by Crippen LogP contribution is 2.12. The molecule has 0 saturated carbocycles. The predicted octanol–water partition coefficient (Wildman–Crippen LogP) is 0.161. The average Bonchev–Trinajstić information content (AvgIpc) is 2.49. The monoisotopic (exact) mass is 294 g/mol. The molecule has 7 heteroatoms. The SMILES string of the molecule is CCC(Oc1ccccc1)C(=O)NCC(=O)NCC(=O)O. The topological polar surface area (TPSA) is 105 Å². The van der Waals surface area contributed by atoms with E-state index in [9.17, 15) is 14.4 Å². The molecule has 0 spiro atoms. The van der Waals surface area contributed by atoms with Gasteiger partial charge in [0.2, 0.25) is 5.91 Å². The van der Waals surface area contributed by atoms with Crippen LogP contribution in [0.15, 0.2) is 30.3 Å². The number of carboxylic acid groups (broad SMARTS) is 1. The van der Waals surface area contributed by atoms with Crippen LogP contribution >= 0.6 is 0 Å². The number of nitrogens with one attached hydrogen (secondary N) is 2. The Hall–Kier alpha value is -2.57. The molecule has 7 nitrogen and oxygen atoms in total. The zero-order valence-electron chi connectivity index (χ0n) is 11.7. The van der Waals surface area contributed by atoms with Crippen molar-refractivity contribution < 1.29 is 24.2 Å². The molecule has 21 heavy (non-hydrogen) atoms. The molecular weight excluding hydrogens is 276 g/mol. The molecule has 1 unspecified atom stereocenters. The molecule has 1 atom stereocenters. The summed E-state index contributed by atoms with van der Waals surface area (Å²) in [6.45, 7) is 1.02. The third-order valence-corrected chi connectivity index (χ3v) is 2.54. The van der Waals surface area contributed by atoms with Crippen LogP contribution in [-0.2, 0) is 14.4 Å². The van der Waals surface area contributed by atoms with Crippen molar-refractivity contribution in [1.29, 1.82) is 0 Å². The van der Waals surface area contributed by atoms with Crippen molar-refractivity contribution in [3.63, 3.8) is 0 Å². The van der Waals surface area contributed by atoms with Gasteiger partial charge in [0.25, 0.3) is 5.91 Å². The van der Waals surface area contributed by atoms with E-state index in [1.807, 2.05) is 6.07 Å². The number of hydrogen-bond donors (Lipinski definition) is 3. The van der Waals surface area contributed by atoms with Gasteiger partial charge in [-0.15, -0.1) is 0 Å². The second-order valence-corrected chi connectivity index (χ2v) is 4.22. The van der Waals surface area contributed by atoms with Gasteiger partial charge in [-0.05, 0) is 18.6 Å². The molecule has 3 N–H and O–H groups in total. The van der Waals surface area contributed by atoms with E-state index in [2.05, 4.69) is 10.6 Å². The zero-order valence-corrected chi connectivity index (χ0v) is 11.7. The Balaban J connectivity index is 2.41. The van der Waals surface area contributed by atoms with Crippen LogP contribution in [0.2, 0.25) is 0 Å². The van der Waals surface area contributed by atoms with E-state index >= 15 is 0 Å². The number of rotatable bonds is 8. The van der Waals surface area contributed by atoms with E-state index in [1.54, 1.807) is 31.2 Å². The summed E-state index contributed by atoms with van der Waals surface area (Å²) in [6, 6.07) is 8.88. The maximum absolute atomic E-state index is 11.9. The normalized spacial score (nSPS) is 11.3. The molecule has 1 aromatic carbocycles. The van der Waals surface area contributed by atoms with E-state index in [-0.39, 0.29) is 6.54 Å². The average molecular weight is 294 g/mol. The fourth-order valence-electron chi connectivity index (χ4n) is 1.50. The lowest BCUT2D eigenvalue weighted by atomic mass is 10.2. The van der Waals surface area contributed by atoms with Crippen molar-refractivity contribution in [3.8, 4) is 5.75 Å². The van der Waals surface area contributed by atoms with Gasteiger partial charge in [-0.1, -0.05) is 25.1 Å². The van der Waals surface area contributed by atoms with E-state index in [4.69, 9.17) is 9.84 Å². The first-order valence-electron chi connectivity index (χ1n) is 6.50. The van der Waals surface area contributed by atoms with Gasteiger partial charge in [-0.3, -0.25) is 14.4 Å². The Morgan fingerprint density at radius 1 is 1.14 bits per heavy atom. The predicted molar refractivity (Wildman–Crippen MR) is 74.8 cm³/mol. The summed E-state index contributed by atoms with van der Waals surface area (Å²) in [5.74, 6) is -1.57. The van der Waals surface area contributed by atoms with Crippen molar-refractivity contribution in [3.05, 3.63) is 30.3 Å². The van der Waals surface area contributed by atoms with Crippen LogP contribution in [0.25, 0.3) is 0 Å². The summed E-state index contributed by atoms with van der Waals surface area (Å²) in [7, 11) is 0. The van der Waals surface area contributed by atoms with Crippen molar-refractivity contribution in [1.82, 2.24) is 10.6 Å². The number of benzene rings is 1. The lowest BCUT2D eigenvalue weighted by Crippen LogP contribution is -2.44. The van der Waals surface area contributed by atoms with Crippen LogP contribution in [0.4, 0.5) is 0 Å². The van der Waals surface area contributed by atoms with Gasteiger partial charge < -0.3 is 20.5 Å². The lowest BCUT2D eigenvalue weighted by Gasteiger charge is -2.17. The van der Waals surface area contributed by atoms with Gasteiger partial charge in [-0.25, -0.2) is 0 Å². The molecule has 0 bridgehead atoms. The summed E-state index contributed by atoms with van der Waals surface area (Å²) < 4.78 is 5.52. The summed E-state index contributed by atoms with van der Waals surface area (Å²) >= 11 is 0. The summed E-state index contributed by atoms with van der Waals surface area (Å²) in [5, 5.41) is 13.0. The lowest BCUT2D eigenvalue weighted by molar-refractivity contribution is -0.137. The molecular formula is C14H18N2O5. The van der Waals surface area contributed by atoms with E-state index < -0.39 is 30.4 Å². The summed E-state index contributed by atoms with van der Waals surface area (Å²) in [6.07, 6.45) is -0.267. The maximum Gasteiger partial charge on any atom is 0.322 e. The van der Waals surface area contributed by atoms with Gasteiger partial charge in [0.15, 0.2) is 6.10 Å². The molecule has 1 rings (SSSR count). The maximum atomic E-state index is 11.9. The van der Waals surface area contributed by atoms with Crippen molar-refractivity contribution >= 4 is 17.8 Å². The minimum absolute atomic E-state index is 0.291. The third kappa shape index (κ3) is 6.42. The van der Waals surface area contributed by atoms with Gasteiger partial charge in [0, 0.05) is 0 Å². The van der Waals surface area contributed by atoms with Crippen LogP contribution in [-0.4, -0.2) is 42.1 Å². The second kappa shape index (κ2) is 8.57. The molecule has 0 aliphatic carbocycles. The van der Waals surface area contributed by atoms with E-state index in [1.165, 1.54) is 0 Å². The number of amides is 2. The Bertz CT molecular complexity index is 489. The van der Waals surface area contributed by atoms with Crippen molar-refractivity contribution in [2.75, 3.05) is 13.1 Å². The highest BCUT2D eigenvalue weighted by molar-refractivity contribution is 5.88. The van der Waals surface area contributed by atoms with Gasteiger partial charge in [-0.2, -0.15) is 0 Å². The number of ether oxygens (including phenoxy) is 1. The highest BCUT2D eigenvalue weighted by Gasteiger charge is 2.18. The van der Waals surface area contributed by atoms with Gasteiger partial charge in [0.1, 0.15) is 12.3 Å². The minimum atomic E-state index is -1.14. The Morgan fingerprint density at radius 3 is 2.38 bits per heavy atom. The first-order valence-corrected chi connectivity index (χ1v) is 6.50. The van der Waals surface area contributed by atoms with Gasteiger partial charge >= 0.3 is 5.97 Å². The summed E-state index contributed by atoms with van der Waals surface area (Å²) in [5.41, 5.74) is 0. The molecule has 2 amide bonds. The molecule has 0 aromatic heterocycles. The molecule has 1 aromatic rings. The fourth-order valence-corrected chi connectivity index (χ4v) is 1.50. The fraction of sp³-hybridized carbons (Fsp3) is 0.357. The molecule has 0 saturated heterocycles. The van der Waals surface area contributed by atoms with Crippen LogP contribution in [0.5, 0.6) is 5.75 Å². The van der Waals surface area contributed by atoms with Crippen molar-refractivity contribution in [2.24, 2.45) is 0 Å². The highest BCUT2D eigenvalue weighted by atomic mass is 16.5. The number of carbonyl (C=O) groups excluding carboxylic acids is 2. The second-order valence-electron chi connectivity index (χ2n) is 4.22. The standard InChI is InChI=1S/C14H18N2O5/c1-2-11(21-10-6-4-3-5-7-10)14(20)16-8-12(17)15-9-13(18)19/h3-7,11H,2,8-9H2,1H3,(H,15,17)(H,16,20)(H,18,19). The molecule has 0 radical (unpaired) electrons. The first-order chi connectivity index (χ1) is 10.0. The number of carbonyl (C=O) groups is 3. The molecule has 0 fully saturated rings.